The summed E-state index contributed by atoms with van der Waals surface area (Å²) in [6, 6.07) is 5.39. The van der Waals surface area contributed by atoms with Crippen LogP contribution in [0.2, 0.25) is 0 Å². The van der Waals surface area contributed by atoms with Crippen LogP contribution in [0.25, 0.3) is 0 Å². The van der Waals surface area contributed by atoms with Crippen molar-refractivity contribution in [3.63, 3.8) is 0 Å². The van der Waals surface area contributed by atoms with Crippen LogP contribution in [0.1, 0.15) is 24.1 Å². The van der Waals surface area contributed by atoms with Gasteiger partial charge in [0.15, 0.2) is 0 Å². The molecule has 0 spiro atoms. The monoisotopic (exact) mass is 297 g/mol. The summed E-state index contributed by atoms with van der Waals surface area (Å²) in [5, 5.41) is 8.76. The average Bonchev–Trinajstić information content (AvgIpc) is 3.05. The molecule has 5 nitrogen and oxygen atoms in total. The van der Waals surface area contributed by atoms with Gasteiger partial charge >= 0.3 is 0 Å². The largest absolute Gasteiger partial charge is 0.299 e. The van der Waals surface area contributed by atoms with E-state index in [1.54, 1.807) is 6.07 Å². The van der Waals surface area contributed by atoms with Gasteiger partial charge in [0.25, 0.3) is 0 Å². The lowest BCUT2D eigenvalue weighted by Gasteiger charge is -2.20. The van der Waals surface area contributed by atoms with E-state index in [-0.39, 0.29) is 10.3 Å². The maximum atomic E-state index is 12.3. The molecule has 2 aliphatic rings. The first kappa shape index (κ1) is 13.1. The fourth-order valence-electron chi connectivity index (χ4n) is 3.00. The third kappa shape index (κ3) is 2.41. The molecular formula is C12H15N3O2S2. The molecule has 102 valence electrons. The second-order valence-corrected chi connectivity index (χ2v) is 8.02. The predicted octanol–water partition coefficient (Wildman–Crippen LogP) is 1.13. The van der Waals surface area contributed by atoms with Crippen LogP contribution in [0.4, 0.5) is 0 Å². The summed E-state index contributed by atoms with van der Waals surface area (Å²) in [4.78, 5) is 2.79. The van der Waals surface area contributed by atoms with Crippen molar-refractivity contribution in [3.8, 4) is 6.07 Å². The number of nitriles is 1. The highest BCUT2D eigenvalue weighted by Crippen LogP contribution is 2.29. The summed E-state index contributed by atoms with van der Waals surface area (Å²) in [6.07, 6.45) is 3.10. The number of hydrogen-bond acceptors (Lipinski definition) is 5. The Morgan fingerprint density at radius 2 is 2.21 bits per heavy atom. The van der Waals surface area contributed by atoms with Gasteiger partial charge in [-0.25, -0.2) is 13.1 Å². The molecular weight excluding hydrogens is 282 g/mol. The lowest BCUT2D eigenvalue weighted by Crippen LogP contribution is -2.42. The van der Waals surface area contributed by atoms with Gasteiger partial charge < -0.3 is 0 Å². The zero-order valence-electron chi connectivity index (χ0n) is 10.4. The molecule has 2 unspecified atom stereocenters. The van der Waals surface area contributed by atoms with Crippen molar-refractivity contribution >= 4 is 21.4 Å². The molecule has 1 N–H and O–H groups in total. The first-order valence-corrected chi connectivity index (χ1v) is 8.66. The third-order valence-corrected chi connectivity index (χ3v) is 6.84. The Labute approximate surface area is 116 Å². The smallest absolute Gasteiger partial charge is 0.250 e. The number of thiophene rings is 1. The van der Waals surface area contributed by atoms with Crippen molar-refractivity contribution in [1.29, 1.82) is 5.26 Å². The summed E-state index contributed by atoms with van der Waals surface area (Å²) in [6.45, 7) is 2.06. The zero-order chi connectivity index (χ0) is 13.5. The van der Waals surface area contributed by atoms with E-state index in [2.05, 4.69) is 9.62 Å². The second-order valence-electron chi connectivity index (χ2n) is 4.99. The zero-order valence-corrected chi connectivity index (χ0v) is 12.0. The number of fused-ring (bicyclic) bond motifs is 1. The molecule has 0 amide bonds. The van der Waals surface area contributed by atoms with Crippen molar-refractivity contribution in [2.75, 3.05) is 13.1 Å². The highest BCUT2D eigenvalue weighted by atomic mass is 32.2. The van der Waals surface area contributed by atoms with Gasteiger partial charge in [0.05, 0.1) is 0 Å². The maximum Gasteiger partial charge on any atom is 0.250 e. The Balaban J connectivity index is 1.77. The average molecular weight is 297 g/mol. The number of sulfonamides is 1. The Hall–Kier alpha value is -0.940. The van der Waals surface area contributed by atoms with Crippen molar-refractivity contribution < 1.29 is 8.42 Å². The minimum Gasteiger partial charge on any atom is -0.299 e. The molecule has 19 heavy (non-hydrogen) atoms. The minimum atomic E-state index is -3.48. The molecule has 2 fully saturated rings. The van der Waals surface area contributed by atoms with Crippen LogP contribution in [-0.4, -0.2) is 38.5 Å². The predicted molar refractivity (Wildman–Crippen MR) is 72.4 cm³/mol. The standard InChI is InChI=1S/C12H15N3O2S2/c13-8-9-3-4-12(18-9)19(16,17)14-10-5-7-15-6-1-2-11(10)15/h3-4,10-11,14H,1-2,5-7H2. The van der Waals surface area contributed by atoms with Crippen LogP contribution in [-0.2, 0) is 10.0 Å². The molecule has 0 saturated carbocycles. The summed E-state index contributed by atoms with van der Waals surface area (Å²) in [7, 11) is -3.48. The molecule has 0 bridgehead atoms. The van der Waals surface area contributed by atoms with Gasteiger partial charge in [-0.3, -0.25) is 4.90 Å². The van der Waals surface area contributed by atoms with Crippen molar-refractivity contribution in [2.24, 2.45) is 0 Å². The minimum absolute atomic E-state index is 0.0140. The molecule has 1 aromatic rings. The van der Waals surface area contributed by atoms with Crippen LogP contribution in [0.5, 0.6) is 0 Å². The van der Waals surface area contributed by atoms with Gasteiger partial charge in [-0.15, -0.1) is 11.3 Å². The van der Waals surface area contributed by atoms with Gasteiger partial charge in [-0.05, 0) is 37.9 Å². The SMILES string of the molecule is N#Cc1ccc(S(=O)(=O)NC2CCN3CCCC23)s1. The van der Waals surface area contributed by atoms with E-state index >= 15 is 0 Å². The number of rotatable bonds is 3. The molecule has 2 saturated heterocycles. The summed E-state index contributed by atoms with van der Waals surface area (Å²) in [5.74, 6) is 0. The molecule has 0 radical (unpaired) electrons. The summed E-state index contributed by atoms with van der Waals surface area (Å²) >= 11 is 1.02. The van der Waals surface area contributed by atoms with E-state index in [0.29, 0.717) is 10.9 Å². The number of hydrogen-bond donors (Lipinski definition) is 1. The Morgan fingerprint density at radius 1 is 1.37 bits per heavy atom. The van der Waals surface area contributed by atoms with Crippen molar-refractivity contribution in [2.45, 2.75) is 35.6 Å². The highest BCUT2D eigenvalue weighted by molar-refractivity contribution is 7.91. The highest BCUT2D eigenvalue weighted by Gasteiger charge is 2.39. The second kappa shape index (κ2) is 4.87. The fraction of sp³-hybridized carbons (Fsp3) is 0.583. The topological polar surface area (TPSA) is 73.2 Å². The third-order valence-electron chi connectivity index (χ3n) is 3.87. The molecule has 7 heteroatoms. The molecule has 2 atom stereocenters. The van der Waals surface area contributed by atoms with Crippen LogP contribution in [0.3, 0.4) is 0 Å². The first-order valence-electron chi connectivity index (χ1n) is 6.36. The molecule has 1 aromatic heterocycles. The van der Waals surface area contributed by atoms with Gasteiger partial charge in [0.1, 0.15) is 15.2 Å². The molecule has 3 heterocycles. The number of nitrogens with one attached hydrogen (secondary N) is 1. The quantitative estimate of drug-likeness (QED) is 0.908. The number of nitrogens with zero attached hydrogens (tertiary/aromatic N) is 2. The first-order chi connectivity index (χ1) is 9.10. The molecule has 0 aliphatic carbocycles. The van der Waals surface area contributed by atoms with Crippen LogP contribution < -0.4 is 4.72 Å². The fourth-order valence-corrected chi connectivity index (χ4v) is 5.43. The van der Waals surface area contributed by atoms with Gasteiger partial charge in [-0.1, -0.05) is 0 Å². The van der Waals surface area contributed by atoms with E-state index in [4.69, 9.17) is 5.26 Å². The van der Waals surface area contributed by atoms with Gasteiger partial charge in [0, 0.05) is 18.6 Å². The Morgan fingerprint density at radius 3 is 2.95 bits per heavy atom. The van der Waals surface area contributed by atoms with E-state index in [1.165, 1.54) is 6.07 Å². The maximum absolute atomic E-state index is 12.3. The lowest BCUT2D eigenvalue weighted by molar-refractivity contribution is 0.309. The normalized spacial score (nSPS) is 27.3. The van der Waals surface area contributed by atoms with Crippen LogP contribution >= 0.6 is 11.3 Å². The van der Waals surface area contributed by atoms with Crippen molar-refractivity contribution in [3.05, 3.63) is 17.0 Å². The Kier molecular flexibility index (Phi) is 3.35. The van der Waals surface area contributed by atoms with Crippen LogP contribution in [0.15, 0.2) is 16.3 Å². The summed E-state index contributed by atoms with van der Waals surface area (Å²) in [5.41, 5.74) is 0. The van der Waals surface area contributed by atoms with E-state index in [0.717, 1.165) is 43.7 Å². The molecule has 2 aliphatic heterocycles. The van der Waals surface area contributed by atoms with Crippen LogP contribution in [0, 0.1) is 11.3 Å². The molecule has 3 rings (SSSR count). The van der Waals surface area contributed by atoms with E-state index < -0.39 is 10.0 Å². The molecule has 0 aromatic carbocycles. The summed E-state index contributed by atoms with van der Waals surface area (Å²) < 4.78 is 27.6. The Bertz CT molecular complexity index is 617. The van der Waals surface area contributed by atoms with Crippen molar-refractivity contribution in [1.82, 2.24) is 9.62 Å². The van der Waals surface area contributed by atoms with Gasteiger partial charge in [-0.2, -0.15) is 5.26 Å². The van der Waals surface area contributed by atoms with Gasteiger partial charge in [0.2, 0.25) is 10.0 Å². The van der Waals surface area contributed by atoms with E-state index in [1.807, 2.05) is 6.07 Å². The lowest BCUT2D eigenvalue weighted by atomic mass is 10.1. The van der Waals surface area contributed by atoms with E-state index in [9.17, 15) is 8.42 Å².